The van der Waals surface area contributed by atoms with E-state index in [4.69, 9.17) is 4.84 Å². The zero-order chi connectivity index (χ0) is 11.3. The number of rotatable bonds is 3. The number of likely N-dealkylation sites (tertiary alicyclic amines) is 1. The maximum absolute atomic E-state index is 11.6. The molecule has 0 aromatic heterocycles. The van der Waals surface area contributed by atoms with Gasteiger partial charge in [0.25, 0.3) is 0 Å². The van der Waals surface area contributed by atoms with Crippen molar-refractivity contribution >= 4 is 6.03 Å². The van der Waals surface area contributed by atoms with Gasteiger partial charge in [0.1, 0.15) is 0 Å². The molecule has 0 aromatic carbocycles. The second kappa shape index (κ2) is 5.95. The Kier molecular flexibility index (Phi) is 4.88. The van der Waals surface area contributed by atoms with Gasteiger partial charge in [-0.2, -0.15) is 0 Å². The maximum atomic E-state index is 11.6. The molecule has 1 rings (SSSR count). The lowest BCUT2D eigenvalue weighted by Gasteiger charge is -2.30. The van der Waals surface area contributed by atoms with Crippen molar-refractivity contribution in [2.24, 2.45) is 11.8 Å². The van der Waals surface area contributed by atoms with Crippen LogP contribution in [0.1, 0.15) is 33.6 Å². The number of carbonyl (C=O) groups excluding carboxylic acids is 1. The molecule has 0 saturated carbocycles. The first kappa shape index (κ1) is 12.3. The van der Waals surface area contributed by atoms with Crippen molar-refractivity contribution in [2.45, 2.75) is 33.6 Å². The molecule has 1 N–H and O–H groups in total. The van der Waals surface area contributed by atoms with Crippen molar-refractivity contribution in [3.05, 3.63) is 0 Å². The second-order valence-corrected chi connectivity index (χ2v) is 4.78. The summed E-state index contributed by atoms with van der Waals surface area (Å²) in [6, 6.07) is -0.0949. The fourth-order valence-electron chi connectivity index (χ4n) is 1.55. The fraction of sp³-hybridized carbons (Fsp3) is 0.909. The number of hydroxylamine groups is 1. The monoisotopic (exact) mass is 214 g/mol. The number of nitrogens with one attached hydrogen (secondary N) is 1. The van der Waals surface area contributed by atoms with E-state index in [-0.39, 0.29) is 6.03 Å². The molecule has 0 bridgehead atoms. The minimum absolute atomic E-state index is 0.0949. The molecule has 1 fully saturated rings. The summed E-state index contributed by atoms with van der Waals surface area (Å²) in [5.41, 5.74) is 2.49. The van der Waals surface area contributed by atoms with Gasteiger partial charge in [-0.1, -0.05) is 20.8 Å². The zero-order valence-electron chi connectivity index (χ0n) is 9.95. The van der Waals surface area contributed by atoms with Crippen molar-refractivity contribution < 1.29 is 9.63 Å². The van der Waals surface area contributed by atoms with E-state index in [0.717, 1.165) is 31.8 Å². The van der Waals surface area contributed by atoms with Gasteiger partial charge in [-0.15, -0.1) is 0 Å². The summed E-state index contributed by atoms with van der Waals surface area (Å²) in [7, 11) is 0. The van der Waals surface area contributed by atoms with Crippen molar-refractivity contribution in [3.8, 4) is 0 Å². The number of nitrogens with zero attached hydrogens (tertiary/aromatic N) is 1. The van der Waals surface area contributed by atoms with E-state index in [1.54, 1.807) is 0 Å². The van der Waals surface area contributed by atoms with E-state index in [1.165, 1.54) is 0 Å². The van der Waals surface area contributed by atoms with Gasteiger partial charge < -0.3 is 4.90 Å². The topological polar surface area (TPSA) is 41.6 Å². The third-order valence-electron chi connectivity index (χ3n) is 2.65. The van der Waals surface area contributed by atoms with Gasteiger partial charge in [0.2, 0.25) is 0 Å². The predicted molar refractivity (Wildman–Crippen MR) is 59.3 cm³/mol. The van der Waals surface area contributed by atoms with Crippen LogP contribution in [0.4, 0.5) is 4.79 Å². The van der Waals surface area contributed by atoms with Gasteiger partial charge in [-0.3, -0.25) is 4.84 Å². The number of carbonyl (C=O) groups is 1. The van der Waals surface area contributed by atoms with E-state index in [2.05, 4.69) is 26.3 Å². The van der Waals surface area contributed by atoms with Crippen LogP contribution in [0.3, 0.4) is 0 Å². The Morgan fingerprint density at radius 1 is 1.47 bits per heavy atom. The number of piperidine rings is 1. The molecule has 0 unspecified atom stereocenters. The van der Waals surface area contributed by atoms with Crippen LogP contribution in [0.2, 0.25) is 0 Å². The Hall–Kier alpha value is -0.770. The van der Waals surface area contributed by atoms with Crippen molar-refractivity contribution in [1.29, 1.82) is 0 Å². The Morgan fingerprint density at radius 3 is 2.60 bits per heavy atom. The summed E-state index contributed by atoms with van der Waals surface area (Å²) in [5, 5.41) is 0. The van der Waals surface area contributed by atoms with E-state index in [0.29, 0.717) is 12.5 Å². The molecule has 15 heavy (non-hydrogen) atoms. The zero-order valence-corrected chi connectivity index (χ0v) is 9.95. The molecule has 0 radical (unpaired) electrons. The average Bonchev–Trinajstić information content (AvgIpc) is 2.18. The molecule has 4 nitrogen and oxygen atoms in total. The second-order valence-electron chi connectivity index (χ2n) is 4.78. The van der Waals surface area contributed by atoms with Crippen LogP contribution >= 0.6 is 0 Å². The first-order chi connectivity index (χ1) is 7.09. The largest absolute Gasteiger partial charge is 0.341 e. The molecule has 1 heterocycles. The minimum atomic E-state index is -0.0949. The molecule has 1 aliphatic rings. The molecule has 0 aromatic rings. The highest BCUT2D eigenvalue weighted by molar-refractivity contribution is 5.73. The lowest BCUT2D eigenvalue weighted by atomic mass is 10.00. The highest BCUT2D eigenvalue weighted by Crippen LogP contribution is 2.15. The molecule has 1 saturated heterocycles. The van der Waals surface area contributed by atoms with Crippen LogP contribution in [-0.4, -0.2) is 30.6 Å². The van der Waals surface area contributed by atoms with Gasteiger partial charge in [0.05, 0.1) is 6.61 Å². The lowest BCUT2D eigenvalue weighted by molar-refractivity contribution is 0.0295. The van der Waals surface area contributed by atoms with Crippen LogP contribution in [0.5, 0.6) is 0 Å². The van der Waals surface area contributed by atoms with Crippen LogP contribution in [-0.2, 0) is 4.84 Å². The molecule has 0 aliphatic carbocycles. The van der Waals surface area contributed by atoms with Gasteiger partial charge in [0.15, 0.2) is 0 Å². The molecule has 1 aliphatic heterocycles. The molecule has 0 spiro atoms. The Labute approximate surface area is 91.9 Å². The van der Waals surface area contributed by atoms with E-state index < -0.39 is 0 Å². The maximum Gasteiger partial charge on any atom is 0.341 e. The van der Waals surface area contributed by atoms with Crippen LogP contribution in [0.15, 0.2) is 0 Å². The Bertz CT molecular complexity index is 199. The number of hydrogen-bond donors (Lipinski definition) is 1. The van der Waals surface area contributed by atoms with Gasteiger partial charge >= 0.3 is 6.03 Å². The molecule has 88 valence electrons. The lowest BCUT2D eigenvalue weighted by Crippen LogP contribution is -2.44. The molecule has 0 atom stereocenters. The van der Waals surface area contributed by atoms with Crippen molar-refractivity contribution in [2.75, 3.05) is 19.7 Å². The van der Waals surface area contributed by atoms with Crippen LogP contribution < -0.4 is 5.48 Å². The van der Waals surface area contributed by atoms with Crippen molar-refractivity contribution in [3.63, 3.8) is 0 Å². The highest BCUT2D eigenvalue weighted by Gasteiger charge is 2.19. The van der Waals surface area contributed by atoms with Gasteiger partial charge in [0, 0.05) is 13.1 Å². The van der Waals surface area contributed by atoms with Crippen LogP contribution in [0.25, 0.3) is 0 Å². The smallest absolute Gasteiger partial charge is 0.323 e. The first-order valence-electron chi connectivity index (χ1n) is 5.76. The summed E-state index contributed by atoms with van der Waals surface area (Å²) in [6.07, 6.45) is 2.19. The fourth-order valence-corrected chi connectivity index (χ4v) is 1.55. The number of hydrogen-bond acceptors (Lipinski definition) is 2. The standard InChI is InChI=1S/C11H22N2O2/c1-9(2)8-15-12-11(14)13-6-4-10(3)5-7-13/h9-10H,4-8H2,1-3H3,(H,12,14). The summed E-state index contributed by atoms with van der Waals surface area (Å²) >= 11 is 0. The van der Waals surface area contributed by atoms with Crippen LogP contribution in [0, 0.1) is 11.8 Å². The SMILES string of the molecule is CC(C)CONC(=O)N1CCC(C)CC1. The predicted octanol–water partition coefficient (Wildman–Crippen LogP) is 2.02. The Balaban J connectivity index is 2.17. The summed E-state index contributed by atoms with van der Waals surface area (Å²) < 4.78 is 0. The Morgan fingerprint density at radius 2 is 2.07 bits per heavy atom. The average molecular weight is 214 g/mol. The third kappa shape index (κ3) is 4.51. The third-order valence-corrected chi connectivity index (χ3v) is 2.65. The van der Waals surface area contributed by atoms with Gasteiger partial charge in [-0.25, -0.2) is 10.3 Å². The normalized spacial score (nSPS) is 18.3. The summed E-state index contributed by atoms with van der Waals surface area (Å²) in [5.74, 6) is 1.18. The summed E-state index contributed by atoms with van der Waals surface area (Å²) in [4.78, 5) is 18.5. The van der Waals surface area contributed by atoms with E-state index in [1.807, 2.05) is 4.90 Å². The molecular formula is C11H22N2O2. The molecule has 4 heteroatoms. The van der Waals surface area contributed by atoms with Crippen molar-refractivity contribution in [1.82, 2.24) is 10.4 Å². The minimum Gasteiger partial charge on any atom is -0.323 e. The quantitative estimate of drug-likeness (QED) is 0.730. The van der Waals surface area contributed by atoms with Gasteiger partial charge in [-0.05, 0) is 24.7 Å². The highest BCUT2D eigenvalue weighted by atomic mass is 16.7. The van der Waals surface area contributed by atoms with E-state index in [9.17, 15) is 4.79 Å². The molecular weight excluding hydrogens is 192 g/mol. The number of urea groups is 1. The first-order valence-corrected chi connectivity index (χ1v) is 5.76. The number of amides is 2. The van der Waals surface area contributed by atoms with E-state index >= 15 is 0 Å². The molecule has 2 amide bonds. The summed E-state index contributed by atoms with van der Waals surface area (Å²) in [6.45, 7) is 8.58.